The fourth-order valence-corrected chi connectivity index (χ4v) is 0.743. The minimum Gasteiger partial charge on any atom is -0.466 e. The number of esters is 1. The quantitative estimate of drug-likeness (QED) is 0.357. The Balaban J connectivity index is 0.000000289. The molecule has 0 aromatic rings. The lowest BCUT2D eigenvalue weighted by Crippen LogP contribution is -2.06. The Morgan fingerprint density at radius 2 is 1.81 bits per heavy atom. The third-order valence-corrected chi connectivity index (χ3v) is 1.78. The number of hydrogen-bond acceptors (Lipinski definition) is 5. The molecule has 0 aromatic heterocycles. The Morgan fingerprint density at radius 3 is 2.00 bits per heavy atom. The normalized spacial score (nSPS) is 24.3. The van der Waals surface area contributed by atoms with Crippen LogP contribution in [0.5, 0.6) is 0 Å². The number of carbonyl (C=O) groups is 1. The average molecular weight is 234 g/mol. The molecule has 94 valence electrons. The van der Waals surface area contributed by atoms with E-state index < -0.39 is 5.97 Å². The van der Waals surface area contributed by atoms with E-state index >= 15 is 0 Å². The molecule has 16 heavy (non-hydrogen) atoms. The van der Waals surface area contributed by atoms with Crippen LogP contribution < -0.4 is 0 Å². The molecule has 0 bridgehead atoms. The van der Waals surface area contributed by atoms with Crippen molar-refractivity contribution in [2.45, 2.75) is 12.2 Å². The molecule has 2 heterocycles. The van der Waals surface area contributed by atoms with Gasteiger partial charge in [-0.3, -0.25) is 0 Å². The first-order valence-electron chi connectivity index (χ1n) is 4.77. The molecule has 2 aliphatic rings. The maximum Gasteiger partial charge on any atom is 0.329 e. The molecule has 0 aromatic carbocycles. The van der Waals surface area contributed by atoms with Crippen LogP contribution in [-0.2, 0) is 23.7 Å². The summed E-state index contributed by atoms with van der Waals surface area (Å²) < 4.78 is 19.3. The molecular weight excluding hydrogens is 216 g/mol. The van der Waals surface area contributed by atoms with Crippen LogP contribution in [0.3, 0.4) is 0 Å². The minimum atomic E-state index is -0.394. The highest BCUT2D eigenvalue weighted by atomic mass is 16.6. The Hall–Kier alpha value is -0.950. The second-order valence-corrected chi connectivity index (χ2v) is 3.18. The molecule has 2 saturated heterocycles. The van der Waals surface area contributed by atoms with E-state index in [0.29, 0.717) is 12.2 Å². The Labute approximate surface area is 94.4 Å². The lowest BCUT2D eigenvalue weighted by atomic mass is 10.5. The zero-order valence-electron chi connectivity index (χ0n) is 9.31. The zero-order chi connectivity index (χ0) is 11.1. The van der Waals surface area contributed by atoms with Gasteiger partial charge in [-0.05, 0) is 0 Å². The zero-order valence-corrected chi connectivity index (χ0v) is 9.31. The van der Waals surface area contributed by atoms with Crippen molar-refractivity contribution in [1.82, 2.24) is 0 Å². The molecule has 2 unspecified atom stereocenters. The maximum absolute atomic E-state index is 9.84. The van der Waals surface area contributed by atoms with Crippen LogP contribution >= 0.6 is 0 Å². The molecule has 0 amide bonds. The molecule has 2 N–H and O–H groups in total. The van der Waals surface area contributed by atoms with E-state index in [9.17, 15) is 4.79 Å². The summed E-state index contributed by atoms with van der Waals surface area (Å²) in [6.07, 6.45) is 1.90. The van der Waals surface area contributed by atoms with Crippen LogP contribution in [0.2, 0.25) is 0 Å². The third-order valence-electron chi connectivity index (χ3n) is 1.78. The molecule has 0 aliphatic carbocycles. The van der Waals surface area contributed by atoms with Crippen LogP contribution in [0.15, 0.2) is 12.7 Å². The topological polar surface area (TPSA) is 92.1 Å². The highest BCUT2D eigenvalue weighted by Gasteiger charge is 2.26. The Kier molecular flexibility index (Phi) is 7.74. The SMILES string of the molecule is C(OCC1CO1)C1CO1.C=CC(=O)OC.O. The Morgan fingerprint density at radius 1 is 1.38 bits per heavy atom. The van der Waals surface area contributed by atoms with Crippen molar-refractivity contribution in [3.63, 3.8) is 0 Å². The van der Waals surface area contributed by atoms with Crippen molar-refractivity contribution in [3.8, 4) is 0 Å². The van der Waals surface area contributed by atoms with Crippen molar-refractivity contribution in [1.29, 1.82) is 0 Å². The van der Waals surface area contributed by atoms with E-state index in [2.05, 4.69) is 11.3 Å². The van der Waals surface area contributed by atoms with Crippen molar-refractivity contribution in [3.05, 3.63) is 12.7 Å². The van der Waals surface area contributed by atoms with Gasteiger partial charge in [-0.25, -0.2) is 4.79 Å². The monoisotopic (exact) mass is 234 g/mol. The van der Waals surface area contributed by atoms with Gasteiger partial charge in [0.1, 0.15) is 12.2 Å². The first-order chi connectivity index (χ1) is 7.26. The van der Waals surface area contributed by atoms with Crippen LogP contribution in [-0.4, -0.2) is 57.2 Å². The van der Waals surface area contributed by atoms with Crippen molar-refractivity contribution < 1.29 is 29.2 Å². The molecule has 6 nitrogen and oxygen atoms in total. The summed E-state index contributed by atoms with van der Waals surface area (Å²) in [6, 6.07) is 0. The van der Waals surface area contributed by atoms with E-state index in [4.69, 9.17) is 14.2 Å². The number of methoxy groups -OCH3 is 1. The Bertz CT molecular complexity index is 197. The predicted molar refractivity (Wildman–Crippen MR) is 56.1 cm³/mol. The van der Waals surface area contributed by atoms with Gasteiger partial charge in [-0.2, -0.15) is 0 Å². The van der Waals surface area contributed by atoms with E-state index in [-0.39, 0.29) is 5.48 Å². The van der Waals surface area contributed by atoms with Gasteiger partial charge < -0.3 is 24.4 Å². The van der Waals surface area contributed by atoms with Gasteiger partial charge in [0.05, 0.1) is 33.5 Å². The lowest BCUT2D eigenvalue weighted by Gasteiger charge is -1.95. The molecule has 2 rings (SSSR count). The highest BCUT2D eigenvalue weighted by Crippen LogP contribution is 2.12. The first-order valence-corrected chi connectivity index (χ1v) is 4.77. The van der Waals surface area contributed by atoms with E-state index in [1.165, 1.54) is 7.11 Å². The van der Waals surface area contributed by atoms with Crippen molar-refractivity contribution >= 4 is 5.97 Å². The minimum absolute atomic E-state index is 0. The fraction of sp³-hybridized carbons (Fsp3) is 0.700. The lowest BCUT2D eigenvalue weighted by molar-refractivity contribution is -0.134. The number of rotatable bonds is 5. The summed E-state index contributed by atoms with van der Waals surface area (Å²) in [5.74, 6) is -0.394. The van der Waals surface area contributed by atoms with Gasteiger partial charge in [-0.15, -0.1) is 0 Å². The standard InChI is InChI=1S/C6H10O3.C4H6O2.H2O/c1(5-3-8-5)7-2-6-4-9-6;1-3-4(5)6-2;/h5-6H,1-4H2;3H,1H2,2H3;1H2. The highest BCUT2D eigenvalue weighted by molar-refractivity contribution is 5.80. The molecule has 2 atom stereocenters. The molecular formula is C10H18O6. The van der Waals surface area contributed by atoms with Crippen LogP contribution in [0.1, 0.15) is 0 Å². The number of hydrogen-bond donors (Lipinski definition) is 0. The number of carbonyl (C=O) groups excluding carboxylic acids is 1. The fourth-order valence-electron chi connectivity index (χ4n) is 0.743. The molecule has 0 radical (unpaired) electrons. The van der Waals surface area contributed by atoms with Gasteiger partial charge in [0.25, 0.3) is 0 Å². The second-order valence-electron chi connectivity index (χ2n) is 3.18. The molecule has 0 spiro atoms. The second kappa shape index (κ2) is 8.23. The molecule has 2 aliphatic heterocycles. The summed E-state index contributed by atoms with van der Waals surface area (Å²) >= 11 is 0. The van der Waals surface area contributed by atoms with Crippen LogP contribution in [0.25, 0.3) is 0 Å². The first kappa shape index (κ1) is 15.0. The van der Waals surface area contributed by atoms with E-state index in [0.717, 1.165) is 32.5 Å². The van der Waals surface area contributed by atoms with E-state index in [1.807, 2.05) is 0 Å². The summed E-state index contributed by atoms with van der Waals surface area (Å²) in [7, 11) is 1.31. The summed E-state index contributed by atoms with van der Waals surface area (Å²) in [5.41, 5.74) is 0. The third kappa shape index (κ3) is 8.37. The number of epoxide rings is 2. The largest absolute Gasteiger partial charge is 0.466 e. The van der Waals surface area contributed by atoms with Crippen molar-refractivity contribution in [2.24, 2.45) is 0 Å². The predicted octanol–water partition coefficient (Wildman–Crippen LogP) is -0.679. The van der Waals surface area contributed by atoms with Gasteiger partial charge in [0.15, 0.2) is 0 Å². The van der Waals surface area contributed by atoms with E-state index in [1.54, 1.807) is 0 Å². The molecule has 6 heteroatoms. The van der Waals surface area contributed by atoms with Crippen LogP contribution in [0, 0.1) is 0 Å². The van der Waals surface area contributed by atoms with Crippen molar-refractivity contribution in [2.75, 3.05) is 33.5 Å². The smallest absolute Gasteiger partial charge is 0.329 e. The summed E-state index contributed by atoms with van der Waals surface area (Å²) in [6.45, 7) is 6.42. The van der Waals surface area contributed by atoms with Gasteiger partial charge in [-0.1, -0.05) is 6.58 Å². The average Bonchev–Trinajstić information content (AvgIpc) is 3.11. The van der Waals surface area contributed by atoms with Gasteiger partial charge in [0, 0.05) is 6.08 Å². The maximum atomic E-state index is 9.84. The molecule has 0 saturated carbocycles. The molecule has 2 fully saturated rings. The van der Waals surface area contributed by atoms with Gasteiger partial charge >= 0.3 is 5.97 Å². The summed E-state index contributed by atoms with van der Waals surface area (Å²) in [4.78, 5) is 9.84. The number of ether oxygens (including phenoxy) is 4. The summed E-state index contributed by atoms with van der Waals surface area (Å²) in [5, 5.41) is 0. The van der Waals surface area contributed by atoms with Crippen LogP contribution in [0.4, 0.5) is 0 Å². The van der Waals surface area contributed by atoms with Gasteiger partial charge in [0.2, 0.25) is 0 Å².